The second kappa shape index (κ2) is 9.81. The predicted octanol–water partition coefficient (Wildman–Crippen LogP) is 3.52. The second-order valence-electron chi connectivity index (χ2n) is 7.62. The third-order valence-corrected chi connectivity index (χ3v) is 6.09. The maximum absolute atomic E-state index is 13.7. The molecule has 0 bridgehead atoms. The van der Waals surface area contributed by atoms with E-state index in [-0.39, 0.29) is 29.2 Å². The normalized spacial score (nSPS) is 14.3. The van der Waals surface area contributed by atoms with E-state index in [0.29, 0.717) is 22.4 Å². The highest BCUT2D eigenvalue weighted by molar-refractivity contribution is 7.09. The van der Waals surface area contributed by atoms with E-state index in [9.17, 15) is 19.4 Å². The molecule has 1 aliphatic rings. The average Bonchev–Trinajstić information content (AvgIpc) is 3.11. The highest BCUT2D eigenvalue weighted by Crippen LogP contribution is 2.25. The molecule has 170 valence electrons. The predicted molar refractivity (Wildman–Crippen MR) is 120 cm³/mol. The fourth-order valence-corrected chi connectivity index (χ4v) is 4.23. The van der Waals surface area contributed by atoms with Crippen LogP contribution in [-0.2, 0) is 6.54 Å². The smallest absolute Gasteiger partial charge is 0.307 e. The molecule has 0 spiro atoms. The van der Waals surface area contributed by atoms with Crippen LogP contribution in [0.3, 0.4) is 0 Å². The van der Waals surface area contributed by atoms with Gasteiger partial charge in [0.15, 0.2) is 11.6 Å². The number of aromatic hydroxyl groups is 2. The van der Waals surface area contributed by atoms with Crippen LogP contribution < -0.4 is 20.8 Å². The monoisotopic (exact) mass is 461 g/mol. The zero-order valence-electron chi connectivity index (χ0n) is 17.2. The minimum atomic E-state index is -0.768. The van der Waals surface area contributed by atoms with Gasteiger partial charge in [-0.15, -0.1) is 0 Å². The Balaban J connectivity index is 1.52. The number of nitrogens with one attached hydrogen (secondary N) is 4. The number of H-pyrrole nitrogens is 1. The van der Waals surface area contributed by atoms with Crippen LogP contribution in [0.1, 0.15) is 37.0 Å². The molecule has 32 heavy (non-hydrogen) atoms. The maximum Gasteiger partial charge on any atom is 0.307 e. The van der Waals surface area contributed by atoms with Crippen LogP contribution in [0.5, 0.6) is 11.6 Å². The lowest BCUT2D eigenvalue weighted by atomic mass is 9.89. The minimum absolute atomic E-state index is 0.134. The summed E-state index contributed by atoms with van der Waals surface area (Å²) in [7, 11) is 0. The number of benzene rings is 1. The summed E-state index contributed by atoms with van der Waals surface area (Å²) in [6, 6.07) is 3.87. The third kappa shape index (κ3) is 5.63. The summed E-state index contributed by atoms with van der Waals surface area (Å²) in [6.07, 6.45) is 6.03. The topological polar surface area (TPSA) is 148 Å². The van der Waals surface area contributed by atoms with E-state index in [4.69, 9.17) is 0 Å². The zero-order valence-corrected chi connectivity index (χ0v) is 18.0. The van der Waals surface area contributed by atoms with Gasteiger partial charge in [-0.25, -0.2) is 4.39 Å². The van der Waals surface area contributed by atoms with Crippen molar-refractivity contribution in [1.29, 1.82) is 0 Å². The lowest BCUT2D eigenvalue weighted by molar-refractivity contribution is 0.373. The molecule has 4 rings (SSSR count). The van der Waals surface area contributed by atoms with Crippen molar-refractivity contribution in [3.8, 4) is 11.6 Å². The van der Waals surface area contributed by atoms with Gasteiger partial charge < -0.3 is 26.2 Å². The zero-order chi connectivity index (χ0) is 22.5. The van der Waals surface area contributed by atoms with Crippen LogP contribution in [0.25, 0.3) is 0 Å². The molecule has 0 saturated heterocycles. The summed E-state index contributed by atoms with van der Waals surface area (Å²) in [6.45, 7) is 0.867. The molecule has 1 aromatic carbocycles. The van der Waals surface area contributed by atoms with Gasteiger partial charge in [-0.1, -0.05) is 30.6 Å². The molecule has 10 nitrogen and oxygen atoms in total. The van der Waals surface area contributed by atoms with Gasteiger partial charge in [-0.05, 0) is 30.9 Å². The van der Waals surface area contributed by atoms with Gasteiger partial charge in [-0.3, -0.25) is 9.78 Å². The van der Waals surface area contributed by atoms with Crippen molar-refractivity contribution < 1.29 is 14.6 Å². The summed E-state index contributed by atoms with van der Waals surface area (Å²) in [5, 5.41) is 28.3. The molecule has 0 atom stereocenters. The Morgan fingerprint density at radius 1 is 1.06 bits per heavy atom. The molecule has 12 heteroatoms. The highest BCUT2D eigenvalue weighted by atomic mass is 32.1. The fourth-order valence-electron chi connectivity index (χ4n) is 3.56. The van der Waals surface area contributed by atoms with Crippen LogP contribution in [0.2, 0.25) is 0 Å². The van der Waals surface area contributed by atoms with Crippen LogP contribution in [0.4, 0.5) is 27.9 Å². The molecular weight excluding hydrogens is 437 g/mol. The van der Waals surface area contributed by atoms with Gasteiger partial charge in [0.05, 0.1) is 11.4 Å². The van der Waals surface area contributed by atoms with Crippen molar-refractivity contribution in [3.05, 3.63) is 38.6 Å². The Labute approximate surface area is 187 Å². The van der Waals surface area contributed by atoms with Crippen molar-refractivity contribution >= 4 is 34.9 Å². The number of hydrogen-bond donors (Lipinski definition) is 6. The molecule has 0 amide bonds. The SMILES string of the molecule is O=c1[nH]c(O)c(CNc2nc(NCC3CCCCC3)nc(Nc3ccc(O)c(F)c3)n2)s1. The Bertz CT molecular complexity index is 1130. The number of anilines is 4. The van der Waals surface area contributed by atoms with Crippen LogP contribution in [0, 0.1) is 11.7 Å². The standard InChI is InChI=1S/C20H24FN7O3S/c21-13-8-12(6-7-14(13)29)24-19-27-17(22-9-11-4-2-1-3-5-11)26-18(28-19)23-10-15-16(30)25-20(31)32-15/h6-8,11,29-30H,1-5,9-10H2,(H,25,31)(H3,22,23,24,26,27,28). The number of aromatic nitrogens is 4. The second-order valence-corrected chi connectivity index (χ2v) is 8.69. The lowest BCUT2D eigenvalue weighted by Crippen LogP contribution is -2.19. The van der Waals surface area contributed by atoms with Gasteiger partial charge in [-0.2, -0.15) is 15.0 Å². The highest BCUT2D eigenvalue weighted by Gasteiger charge is 2.15. The van der Waals surface area contributed by atoms with Crippen molar-refractivity contribution in [3.63, 3.8) is 0 Å². The van der Waals surface area contributed by atoms with Gasteiger partial charge in [0, 0.05) is 18.3 Å². The average molecular weight is 462 g/mol. The quantitative estimate of drug-likeness (QED) is 0.277. The van der Waals surface area contributed by atoms with E-state index in [1.54, 1.807) is 0 Å². The molecular formula is C20H24FN7O3S. The Morgan fingerprint density at radius 2 is 1.78 bits per heavy atom. The summed E-state index contributed by atoms with van der Waals surface area (Å²) in [5.74, 6) is -0.132. The minimum Gasteiger partial charge on any atom is -0.505 e. The summed E-state index contributed by atoms with van der Waals surface area (Å²) < 4.78 is 13.7. The lowest BCUT2D eigenvalue weighted by Gasteiger charge is -2.21. The number of rotatable bonds is 8. The number of halogens is 1. The number of thiazole rings is 1. The van der Waals surface area contributed by atoms with Gasteiger partial charge in [0.2, 0.25) is 23.7 Å². The first kappa shape index (κ1) is 21.8. The molecule has 6 N–H and O–H groups in total. The molecule has 2 heterocycles. The van der Waals surface area contributed by atoms with Crippen molar-refractivity contribution in [1.82, 2.24) is 19.9 Å². The first-order valence-electron chi connectivity index (χ1n) is 10.4. The van der Waals surface area contributed by atoms with Crippen LogP contribution in [0.15, 0.2) is 23.0 Å². The molecule has 0 unspecified atom stereocenters. The van der Waals surface area contributed by atoms with Crippen molar-refractivity contribution in [2.45, 2.75) is 38.6 Å². The first-order chi connectivity index (χ1) is 15.5. The number of phenols is 1. The van der Waals surface area contributed by atoms with E-state index < -0.39 is 11.6 Å². The van der Waals surface area contributed by atoms with E-state index in [0.717, 1.165) is 36.8 Å². The molecule has 2 aromatic heterocycles. The van der Waals surface area contributed by atoms with E-state index in [2.05, 4.69) is 35.9 Å². The Kier molecular flexibility index (Phi) is 6.69. The first-order valence-corrected chi connectivity index (χ1v) is 11.2. The molecule has 0 radical (unpaired) electrons. The Hall–Kier alpha value is -3.41. The number of nitrogens with zero attached hydrogens (tertiary/aromatic N) is 3. The maximum atomic E-state index is 13.7. The van der Waals surface area contributed by atoms with Gasteiger partial charge in [0.1, 0.15) is 0 Å². The molecule has 1 saturated carbocycles. The van der Waals surface area contributed by atoms with E-state index >= 15 is 0 Å². The Morgan fingerprint density at radius 3 is 2.47 bits per heavy atom. The fraction of sp³-hybridized carbons (Fsp3) is 0.400. The summed E-state index contributed by atoms with van der Waals surface area (Å²) in [4.78, 5) is 26.8. The van der Waals surface area contributed by atoms with E-state index in [1.807, 2.05) is 0 Å². The number of phenolic OH excluding ortho intramolecular Hbond substituents is 1. The van der Waals surface area contributed by atoms with E-state index in [1.165, 1.54) is 31.4 Å². The summed E-state index contributed by atoms with van der Waals surface area (Å²) >= 11 is 0.885. The molecule has 3 aromatic rings. The van der Waals surface area contributed by atoms with Gasteiger partial charge >= 0.3 is 4.87 Å². The van der Waals surface area contributed by atoms with Crippen molar-refractivity contribution in [2.24, 2.45) is 5.92 Å². The largest absolute Gasteiger partial charge is 0.505 e. The summed E-state index contributed by atoms with van der Waals surface area (Å²) in [5.41, 5.74) is 0.358. The molecule has 1 aliphatic carbocycles. The van der Waals surface area contributed by atoms with Crippen molar-refractivity contribution in [2.75, 3.05) is 22.5 Å². The molecule has 1 fully saturated rings. The van der Waals surface area contributed by atoms with Gasteiger partial charge in [0.25, 0.3) is 0 Å². The number of aromatic amines is 1. The molecule has 0 aliphatic heterocycles. The number of hydrogen-bond acceptors (Lipinski definition) is 10. The van der Waals surface area contributed by atoms with Crippen LogP contribution in [-0.4, -0.2) is 36.7 Å². The third-order valence-electron chi connectivity index (χ3n) is 5.22. The van der Waals surface area contributed by atoms with Crippen LogP contribution >= 0.6 is 11.3 Å².